The van der Waals surface area contributed by atoms with E-state index in [1.165, 1.54) is 11.3 Å². The summed E-state index contributed by atoms with van der Waals surface area (Å²) in [6.07, 6.45) is 6.04. The molecule has 1 aliphatic rings. The average molecular weight is 408 g/mol. The molecule has 3 aromatic heterocycles. The standard InChI is InChI=1S/C22H25N5OS/c1-14-9-17(16-6-7-19(25-11-16)22(28)23-3)10-20(26-14)21-5-4-8-27(21)13-18-12-24-15(2)29-18/h6-7,9-12,21H,4-5,8,13H2,1-3H3,(H,23,28)/t21-/m0/s1. The summed E-state index contributed by atoms with van der Waals surface area (Å²) < 4.78 is 0. The van der Waals surface area contributed by atoms with E-state index in [0.29, 0.717) is 11.7 Å². The first-order valence-electron chi connectivity index (χ1n) is 9.86. The van der Waals surface area contributed by atoms with E-state index in [4.69, 9.17) is 4.98 Å². The second-order valence-electron chi connectivity index (χ2n) is 7.41. The lowest BCUT2D eigenvalue weighted by atomic mass is 10.0. The van der Waals surface area contributed by atoms with Crippen molar-refractivity contribution in [2.24, 2.45) is 0 Å². The Balaban J connectivity index is 1.60. The molecule has 4 rings (SSSR count). The van der Waals surface area contributed by atoms with Crippen LogP contribution in [0.25, 0.3) is 11.1 Å². The van der Waals surface area contributed by atoms with Crippen LogP contribution in [-0.4, -0.2) is 39.4 Å². The Morgan fingerprint density at radius 3 is 2.76 bits per heavy atom. The fraction of sp³-hybridized carbons (Fsp3) is 0.364. The summed E-state index contributed by atoms with van der Waals surface area (Å²) in [6, 6.07) is 8.27. The number of amides is 1. The zero-order valence-corrected chi connectivity index (χ0v) is 17.8. The van der Waals surface area contributed by atoms with Crippen LogP contribution in [0.3, 0.4) is 0 Å². The maximum absolute atomic E-state index is 11.7. The predicted octanol–water partition coefficient (Wildman–Crippen LogP) is 3.91. The first-order valence-corrected chi connectivity index (χ1v) is 10.7. The number of pyridine rings is 2. The number of carbonyl (C=O) groups is 1. The van der Waals surface area contributed by atoms with Gasteiger partial charge in [-0.2, -0.15) is 0 Å². The Morgan fingerprint density at radius 1 is 1.21 bits per heavy atom. The number of aryl methyl sites for hydroxylation is 2. The Morgan fingerprint density at radius 2 is 2.07 bits per heavy atom. The maximum Gasteiger partial charge on any atom is 0.269 e. The minimum Gasteiger partial charge on any atom is -0.354 e. The third-order valence-corrected chi connectivity index (χ3v) is 6.16. The Hall–Kier alpha value is -2.64. The lowest BCUT2D eigenvalue weighted by Gasteiger charge is -2.24. The topological polar surface area (TPSA) is 71.0 Å². The molecule has 150 valence electrons. The van der Waals surface area contributed by atoms with Gasteiger partial charge in [0.05, 0.1) is 16.7 Å². The van der Waals surface area contributed by atoms with Gasteiger partial charge in [-0.1, -0.05) is 6.07 Å². The molecule has 1 N–H and O–H groups in total. The number of hydrogen-bond donors (Lipinski definition) is 1. The number of nitrogens with one attached hydrogen (secondary N) is 1. The highest BCUT2D eigenvalue weighted by atomic mass is 32.1. The van der Waals surface area contributed by atoms with Gasteiger partial charge in [0.2, 0.25) is 0 Å². The number of rotatable bonds is 5. The molecular weight excluding hydrogens is 382 g/mol. The number of thiazole rings is 1. The molecule has 6 nitrogen and oxygen atoms in total. The summed E-state index contributed by atoms with van der Waals surface area (Å²) >= 11 is 1.77. The molecule has 1 amide bonds. The highest BCUT2D eigenvalue weighted by Crippen LogP contribution is 2.35. The van der Waals surface area contributed by atoms with Crippen molar-refractivity contribution in [2.75, 3.05) is 13.6 Å². The summed E-state index contributed by atoms with van der Waals surface area (Å²) in [4.78, 5) is 29.1. The minimum absolute atomic E-state index is 0.178. The van der Waals surface area contributed by atoms with Gasteiger partial charge in [-0.05, 0) is 57.0 Å². The van der Waals surface area contributed by atoms with Crippen molar-refractivity contribution in [2.45, 2.75) is 39.3 Å². The van der Waals surface area contributed by atoms with E-state index in [9.17, 15) is 4.79 Å². The molecule has 29 heavy (non-hydrogen) atoms. The monoisotopic (exact) mass is 407 g/mol. The van der Waals surface area contributed by atoms with Gasteiger partial charge in [0.1, 0.15) is 5.69 Å². The first-order chi connectivity index (χ1) is 14.0. The van der Waals surface area contributed by atoms with Crippen molar-refractivity contribution in [1.29, 1.82) is 0 Å². The van der Waals surface area contributed by atoms with Crippen LogP contribution in [0.2, 0.25) is 0 Å². The van der Waals surface area contributed by atoms with E-state index in [1.807, 2.05) is 26.1 Å². The smallest absolute Gasteiger partial charge is 0.269 e. The average Bonchev–Trinajstić information content (AvgIpc) is 3.36. The molecule has 0 spiro atoms. The summed E-state index contributed by atoms with van der Waals surface area (Å²) in [6.45, 7) is 6.08. The Labute approximate surface area is 175 Å². The molecule has 7 heteroatoms. The van der Waals surface area contributed by atoms with E-state index >= 15 is 0 Å². The zero-order chi connectivity index (χ0) is 20.4. The van der Waals surface area contributed by atoms with Gasteiger partial charge >= 0.3 is 0 Å². The van der Waals surface area contributed by atoms with Crippen LogP contribution in [0.15, 0.2) is 36.7 Å². The number of likely N-dealkylation sites (tertiary alicyclic amines) is 1. The second-order valence-corrected chi connectivity index (χ2v) is 8.73. The number of aromatic nitrogens is 3. The van der Waals surface area contributed by atoms with Crippen molar-refractivity contribution in [3.05, 3.63) is 63.6 Å². The second kappa shape index (κ2) is 8.39. The van der Waals surface area contributed by atoms with Gasteiger partial charge in [-0.3, -0.25) is 19.7 Å². The summed E-state index contributed by atoms with van der Waals surface area (Å²) in [5.41, 5.74) is 4.60. The molecule has 0 bridgehead atoms. The zero-order valence-electron chi connectivity index (χ0n) is 17.0. The molecule has 0 aromatic carbocycles. The highest BCUT2D eigenvalue weighted by molar-refractivity contribution is 7.11. The van der Waals surface area contributed by atoms with Gasteiger partial charge in [0.15, 0.2) is 0 Å². The molecule has 1 fully saturated rings. The van der Waals surface area contributed by atoms with E-state index in [1.54, 1.807) is 30.6 Å². The molecule has 0 saturated carbocycles. The Bertz CT molecular complexity index is 1010. The van der Waals surface area contributed by atoms with Crippen LogP contribution in [0.4, 0.5) is 0 Å². The van der Waals surface area contributed by atoms with Gasteiger partial charge in [0.25, 0.3) is 5.91 Å². The molecule has 1 atom stereocenters. The van der Waals surface area contributed by atoms with Crippen LogP contribution in [0.1, 0.15) is 50.6 Å². The van der Waals surface area contributed by atoms with Gasteiger partial charge in [0, 0.05) is 42.1 Å². The van der Waals surface area contributed by atoms with Crippen LogP contribution < -0.4 is 5.32 Å². The maximum atomic E-state index is 11.7. The molecule has 1 saturated heterocycles. The number of hydrogen-bond acceptors (Lipinski definition) is 6. The van der Waals surface area contributed by atoms with E-state index in [-0.39, 0.29) is 5.91 Å². The molecular formula is C22H25N5OS. The van der Waals surface area contributed by atoms with Crippen molar-refractivity contribution in [3.63, 3.8) is 0 Å². The van der Waals surface area contributed by atoms with Crippen LogP contribution in [-0.2, 0) is 6.54 Å². The van der Waals surface area contributed by atoms with E-state index < -0.39 is 0 Å². The predicted molar refractivity (Wildman–Crippen MR) is 115 cm³/mol. The van der Waals surface area contributed by atoms with Crippen molar-refractivity contribution >= 4 is 17.2 Å². The molecule has 0 aliphatic carbocycles. The third kappa shape index (κ3) is 4.36. The van der Waals surface area contributed by atoms with E-state index in [2.05, 4.69) is 32.3 Å². The van der Waals surface area contributed by atoms with E-state index in [0.717, 1.165) is 47.0 Å². The molecule has 3 aromatic rings. The van der Waals surface area contributed by atoms with Crippen LogP contribution >= 0.6 is 11.3 Å². The van der Waals surface area contributed by atoms with Gasteiger partial charge < -0.3 is 5.32 Å². The highest BCUT2D eigenvalue weighted by Gasteiger charge is 2.28. The SMILES string of the molecule is CNC(=O)c1ccc(-c2cc(C)nc([C@@H]3CCCN3Cc3cnc(C)s3)c2)cn1. The van der Waals surface area contributed by atoms with Gasteiger partial charge in [-0.25, -0.2) is 4.98 Å². The minimum atomic E-state index is -0.178. The fourth-order valence-corrected chi connectivity index (χ4v) is 4.71. The normalized spacial score (nSPS) is 16.9. The number of nitrogens with zero attached hydrogens (tertiary/aromatic N) is 4. The fourth-order valence-electron chi connectivity index (χ4n) is 3.89. The summed E-state index contributed by atoms with van der Waals surface area (Å²) in [5.74, 6) is -0.178. The lowest BCUT2D eigenvalue weighted by Crippen LogP contribution is -2.23. The quantitative estimate of drug-likeness (QED) is 0.694. The largest absolute Gasteiger partial charge is 0.354 e. The van der Waals surface area contributed by atoms with Crippen molar-refractivity contribution in [3.8, 4) is 11.1 Å². The molecule has 0 radical (unpaired) electrons. The molecule has 1 aliphatic heterocycles. The summed E-state index contributed by atoms with van der Waals surface area (Å²) in [5, 5.41) is 3.71. The molecule has 4 heterocycles. The lowest BCUT2D eigenvalue weighted by molar-refractivity contribution is 0.0958. The van der Waals surface area contributed by atoms with Crippen molar-refractivity contribution in [1.82, 2.24) is 25.2 Å². The van der Waals surface area contributed by atoms with Crippen LogP contribution in [0, 0.1) is 13.8 Å². The van der Waals surface area contributed by atoms with Crippen LogP contribution in [0.5, 0.6) is 0 Å². The molecule has 0 unspecified atom stereocenters. The third-order valence-electron chi connectivity index (χ3n) is 5.26. The van der Waals surface area contributed by atoms with Crippen molar-refractivity contribution < 1.29 is 4.79 Å². The Kier molecular flexibility index (Phi) is 5.69. The summed E-state index contributed by atoms with van der Waals surface area (Å²) in [7, 11) is 1.61. The number of carbonyl (C=O) groups excluding carboxylic acids is 1. The first kappa shape index (κ1) is 19.7. The van der Waals surface area contributed by atoms with Gasteiger partial charge in [-0.15, -0.1) is 11.3 Å².